The monoisotopic (exact) mass is 351 g/mol. The maximum Gasteiger partial charge on any atom is 0.174 e. The Labute approximate surface area is 153 Å². The Morgan fingerprint density at radius 2 is 1.81 bits per heavy atom. The van der Waals surface area contributed by atoms with Gasteiger partial charge in [-0.3, -0.25) is 4.79 Å². The van der Waals surface area contributed by atoms with Crippen molar-refractivity contribution in [3.63, 3.8) is 0 Å². The number of allylic oxidation sites excluding steroid dienone is 1. The molecule has 134 valence electrons. The maximum atomic E-state index is 12.4. The molecule has 2 N–H and O–H groups in total. The largest absolute Gasteiger partial charge is 0.497 e. The van der Waals surface area contributed by atoms with Crippen LogP contribution in [0.1, 0.15) is 0 Å². The Bertz CT molecular complexity index is 810. The lowest BCUT2D eigenvalue weighted by Crippen LogP contribution is -2.25. The number of hydrogen-bond acceptors (Lipinski definition) is 6. The zero-order chi connectivity index (χ0) is 18.9. The average Bonchev–Trinajstić information content (AvgIpc) is 2.67. The minimum absolute atomic E-state index is 0.00864. The number of nitriles is 1. The Balaban J connectivity index is 1.96. The van der Waals surface area contributed by atoms with Crippen LogP contribution >= 0.6 is 0 Å². The van der Waals surface area contributed by atoms with Crippen LogP contribution in [0.3, 0.4) is 0 Å². The van der Waals surface area contributed by atoms with Gasteiger partial charge in [-0.05, 0) is 36.4 Å². The van der Waals surface area contributed by atoms with Gasteiger partial charge in [-0.1, -0.05) is 12.6 Å². The molecule has 2 rings (SSSR count). The number of anilines is 2. The van der Waals surface area contributed by atoms with Gasteiger partial charge in [0.2, 0.25) is 0 Å². The lowest BCUT2D eigenvalue weighted by Gasteiger charge is -2.15. The van der Waals surface area contributed by atoms with Gasteiger partial charge in [-0.15, -0.1) is 0 Å². The van der Waals surface area contributed by atoms with E-state index in [0.717, 1.165) is 17.1 Å². The molecule has 0 fully saturated rings. The Hall–Kier alpha value is -3.46. The zero-order valence-electron chi connectivity index (χ0n) is 14.8. The van der Waals surface area contributed by atoms with Gasteiger partial charge in [-0.2, -0.15) is 5.26 Å². The average molecular weight is 351 g/mol. The molecule has 0 amide bonds. The third kappa shape index (κ3) is 5.02. The smallest absolute Gasteiger partial charge is 0.174 e. The van der Waals surface area contributed by atoms with E-state index in [4.69, 9.17) is 9.47 Å². The van der Waals surface area contributed by atoms with Gasteiger partial charge in [0.1, 0.15) is 17.4 Å². The molecule has 6 heteroatoms. The Morgan fingerprint density at radius 3 is 2.42 bits per heavy atom. The van der Waals surface area contributed by atoms with Crippen molar-refractivity contribution in [3.05, 3.63) is 60.8 Å². The molecule has 6 nitrogen and oxygen atoms in total. The quantitative estimate of drug-likeness (QED) is 0.720. The van der Waals surface area contributed by atoms with Crippen LogP contribution in [0.5, 0.6) is 11.5 Å². The number of Topliss-reactive ketones (excluding diaryl/α,β-unsaturated/α-hetero) is 1. The van der Waals surface area contributed by atoms with Gasteiger partial charge >= 0.3 is 0 Å². The first-order valence-corrected chi connectivity index (χ1v) is 7.97. The van der Waals surface area contributed by atoms with Crippen molar-refractivity contribution in [1.29, 1.82) is 5.26 Å². The summed E-state index contributed by atoms with van der Waals surface area (Å²) in [4.78, 5) is 12.4. The SMILES string of the molecule is C=C(Nc1ccc(OC)cc1)[C@@H](C#N)C(=O)CNc1cccc(OC)c1. The maximum absolute atomic E-state index is 12.4. The highest BCUT2D eigenvalue weighted by molar-refractivity contribution is 5.90. The molecule has 0 radical (unpaired) electrons. The van der Waals surface area contributed by atoms with Crippen LogP contribution in [0.25, 0.3) is 0 Å². The van der Waals surface area contributed by atoms with Crippen LogP contribution in [0.2, 0.25) is 0 Å². The summed E-state index contributed by atoms with van der Waals surface area (Å²) in [6.07, 6.45) is 0. The molecule has 0 aliphatic heterocycles. The number of methoxy groups -OCH3 is 2. The second-order valence-electron chi connectivity index (χ2n) is 5.49. The fourth-order valence-electron chi connectivity index (χ4n) is 2.30. The Morgan fingerprint density at radius 1 is 1.12 bits per heavy atom. The van der Waals surface area contributed by atoms with E-state index in [-0.39, 0.29) is 12.3 Å². The number of benzene rings is 2. The van der Waals surface area contributed by atoms with Crippen LogP contribution in [-0.2, 0) is 4.79 Å². The van der Waals surface area contributed by atoms with E-state index in [0.29, 0.717) is 11.4 Å². The van der Waals surface area contributed by atoms with Crippen LogP contribution < -0.4 is 20.1 Å². The van der Waals surface area contributed by atoms with Crippen molar-refractivity contribution in [2.75, 3.05) is 31.4 Å². The number of carbonyl (C=O) groups is 1. The summed E-state index contributed by atoms with van der Waals surface area (Å²) in [6.45, 7) is 3.84. The first-order valence-electron chi connectivity index (χ1n) is 7.97. The number of ether oxygens (including phenoxy) is 2. The van der Waals surface area contributed by atoms with E-state index < -0.39 is 5.92 Å². The number of ketones is 1. The summed E-state index contributed by atoms with van der Waals surface area (Å²) in [7, 11) is 3.16. The molecule has 0 aliphatic rings. The molecule has 2 aromatic rings. The molecule has 0 bridgehead atoms. The highest BCUT2D eigenvalue weighted by Crippen LogP contribution is 2.20. The van der Waals surface area contributed by atoms with Crippen LogP contribution in [-0.4, -0.2) is 26.5 Å². The fourth-order valence-corrected chi connectivity index (χ4v) is 2.30. The number of nitrogens with zero attached hydrogens (tertiary/aromatic N) is 1. The molecule has 0 spiro atoms. The van der Waals surface area contributed by atoms with E-state index in [1.807, 2.05) is 24.3 Å². The fraction of sp³-hybridized carbons (Fsp3) is 0.200. The highest BCUT2D eigenvalue weighted by Gasteiger charge is 2.21. The second kappa shape index (κ2) is 9.14. The van der Waals surface area contributed by atoms with Crippen molar-refractivity contribution in [2.24, 2.45) is 5.92 Å². The third-order valence-corrected chi connectivity index (χ3v) is 3.73. The van der Waals surface area contributed by atoms with Crippen molar-refractivity contribution < 1.29 is 14.3 Å². The van der Waals surface area contributed by atoms with E-state index >= 15 is 0 Å². The molecule has 0 heterocycles. The van der Waals surface area contributed by atoms with E-state index in [9.17, 15) is 10.1 Å². The number of rotatable bonds is 9. The molecule has 0 aromatic heterocycles. The summed E-state index contributed by atoms with van der Waals surface area (Å²) < 4.78 is 10.2. The minimum Gasteiger partial charge on any atom is -0.497 e. The topological polar surface area (TPSA) is 83.4 Å². The summed E-state index contributed by atoms with van der Waals surface area (Å²) in [5.41, 5.74) is 1.79. The van der Waals surface area contributed by atoms with Gasteiger partial charge in [0.15, 0.2) is 5.78 Å². The van der Waals surface area contributed by atoms with E-state index in [1.165, 1.54) is 0 Å². The van der Waals surface area contributed by atoms with Crippen molar-refractivity contribution in [3.8, 4) is 17.6 Å². The molecular formula is C20H21N3O3. The summed E-state index contributed by atoms with van der Waals surface area (Å²) in [5.74, 6) is 0.165. The minimum atomic E-state index is -0.963. The molecule has 0 saturated carbocycles. The van der Waals surface area contributed by atoms with Crippen LogP contribution in [0.15, 0.2) is 60.8 Å². The standard InChI is InChI=1S/C20H21N3O3/c1-14(23-15-7-9-17(25-2)10-8-15)19(12-21)20(24)13-22-16-5-4-6-18(11-16)26-3/h4-11,19,22-23H,1,13H2,2-3H3/t19-/m1/s1. The summed E-state index contributed by atoms with van der Waals surface area (Å²) in [6, 6.07) is 16.4. The number of carbonyl (C=O) groups excluding carboxylic acids is 1. The first-order chi connectivity index (χ1) is 12.6. The zero-order valence-corrected chi connectivity index (χ0v) is 14.8. The molecule has 2 aromatic carbocycles. The van der Waals surface area contributed by atoms with Crippen LogP contribution in [0, 0.1) is 17.2 Å². The van der Waals surface area contributed by atoms with Gasteiger partial charge < -0.3 is 20.1 Å². The molecule has 0 saturated heterocycles. The lowest BCUT2D eigenvalue weighted by atomic mass is 10.0. The Kier molecular flexibility index (Phi) is 6.63. The third-order valence-electron chi connectivity index (χ3n) is 3.73. The van der Waals surface area contributed by atoms with E-state index in [1.54, 1.807) is 44.6 Å². The highest BCUT2D eigenvalue weighted by atomic mass is 16.5. The lowest BCUT2D eigenvalue weighted by molar-refractivity contribution is -0.118. The normalized spacial score (nSPS) is 11.0. The van der Waals surface area contributed by atoms with Gasteiger partial charge in [0.25, 0.3) is 0 Å². The molecule has 0 unspecified atom stereocenters. The number of nitrogens with one attached hydrogen (secondary N) is 2. The van der Waals surface area contributed by atoms with Gasteiger partial charge in [-0.25, -0.2) is 0 Å². The van der Waals surface area contributed by atoms with Gasteiger partial charge in [0.05, 0.1) is 26.8 Å². The predicted octanol–water partition coefficient (Wildman–Crippen LogP) is 3.45. The molecule has 26 heavy (non-hydrogen) atoms. The number of hydrogen-bond donors (Lipinski definition) is 2. The molecule has 0 aliphatic carbocycles. The van der Waals surface area contributed by atoms with Crippen LogP contribution in [0.4, 0.5) is 11.4 Å². The summed E-state index contributed by atoms with van der Waals surface area (Å²) in [5, 5.41) is 15.4. The first kappa shape index (κ1) is 18.9. The molecule has 1 atom stereocenters. The molecular weight excluding hydrogens is 330 g/mol. The van der Waals surface area contributed by atoms with Crippen molar-refractivity contribution in [1.82, 2.24) is 0 Å². The van der Waals surface area contributed by atoms with Gasteiger partial charge in [0, 0.05) is 23.1 Å². The second-order valence-corrected chi connectivity index (χ2v) is 5.49. The van der Waals surface area contributed by atoms with Crippen molar-refractivity contribution in [2.45, 2.75) is 0 Å². The predicted molar refractivity (Wildman–Crippen MR) is 101 cm³/mol. The van der Waals surface area contributed by atoms with Crippen molar-refractivity contribution >= 4 is 17.2 Å². The summed E-state index contributed by atoms with van der Waals surface area (Å²) >= 11 is 0. The van der Waals surface area contributed by atoms with E-state index in [2.05, 4.69) is 17.2 Å².